The lowest BCUT2D eigenvalue weighted by Crippen LogP contribution is -2.15. The summed E-state index contributed by atoms with van der Waals surface area (Å²) < 4.78 is 32.3. The predicted octanol–water partition coefficient (Wildman–Crippen LogP) is 3.41. The van der Waals surface area contributed by atoms with Crippen molar-refractivity contribution in [3.63, 3.8) is 0 Å². The average molecular weight is 390 g/mol. The Labute approximate surface area is 135 Å². The molecule has 0 spiro atoms. The van der Waals surface area contributed by atoms with Gasteiger partial charge in [-0.15, -0.1) is 11.3 Å². The number of esters is 1. The van der Waals surface area contributed by atoms with Gasteiger partial charge in [-0.1, -0.05) is 6.07 Å². The first kappa shape index (κ1) is 16.0. The maximum absolute atomic E-state index is 12.4. The molecule has 0 aliphatic carbocycles. The van der Waals surface area contributed by atoms with Crippen LogP contribution in [0.15, 0.2) is 39.0 Å². The molecule has 0 bridgehead atoms. The van der Waals surface area contributed by atoms with Crippen molar-refractivity contribution in [1.29, 1.82) is 0 Å². The van der Waals surface area contributed by atoms with Crippen molar-refractivity contribution in [2.75, 3.05) is 11.8 Å². The van der Waals surface area contributed by atoms with Crippen LogP contribution >= 0.6 is 27.3 Å². The molecule has 0 aliphatic heterocycles. The van der Waals surface area contributed by atoms with E-state index >= 15 is 0 Å². The summed E-state index contributed by atoms with van der Waals surface area (Å²) in [5.74, 6) is -0.578. The molecule has 0 atom stereocenters. The van der Waals surface area contributed by atoms with Crippen LogP contribution in [0.5, 0.6) is 0 Å². The van der Waals surface area contributed by atoms with Crippen LogP contribution in [-0.4, -0.2) is 21.5 Å². The Bertz CT molecular complexity index is 783. The number of hydrogen-bond acceptors (Lipinski definition) is 5. The molecule has 0 amide bonds. The fraction of sp³-hybridized carbons (Fsp3) is 0.154. The van der Waals surface area contributed by atoms with Gasteiger partial charge in [-0.05, 0) is 52.0 Å². The lowest BCUT2D eigenvalue weighted by molar-refractivity contribution is 0.0607. The van der Waals surface area contributed by atoms with E-state index in [0.717, 1.165) is 16.9 Å². The molecule has 8 heteroatoms. The molecule has 2 rings (SSSR count). The summed E-state index contributed by atoms with van der Waals surface area (Å²) >= 11 is 4.35. The average Bonchev–Trinajstić information content (AvgIpc) is 2.84. The standard InChI is InChI=1S/C13H12BrNO4S2/c1-8-3-4-11(9(14)7-8)21(17,18)15-10-5-6-20-12(10)13(16)19-2/h3-7,15H,1-2H3. The van der Waals surface area contributed by atoms with Crippen LogP contribution in [0.2, 0.25) is 0 Å². The highest BCUT2D eigenvalue weighted by molar-refractivity contribution is 9.10. The monoisotopic (exact) mass is 389 g/mol. The van der Waals surface area contributed by atoms with Gasteiger partial charge in [-0.3, -0.25) is 4.72 Å². The van der Waals surface area contributed by atoms with Gasteiger partial charge >= 0.3 is 5.97 Å². The molecule has 0 aliphatic rings. The number of carbonyl (C=O) groups is 1. The number of ether oxygens (including phenoxy) is 1. The van der Waals surface area contributed by atoms with Crippen molar-refractivity contribution in [3.8, 4) is 0 Å². The number of halogens is 1. The molecule has 112 valence electrons. The summed E-state index contributed by atoms with van der Waals surface area (Å²) in [5.41, 5.74) is 1.14. The molecular formula is C13H12BrNO4S2. The zero-order valence-electron chi connectivity index (χ0n) is 11.2. The van der Waals surface area contributed by atoms with E-state index in [1.165, 1.54) is 19.2 Å². The van der Waals surface area contributed by atoms with Crippen molar-refractivity contribution in [2.24, 2.45) is 0 Å². The Kier molecular flexibility index (Phi) is 4.70. The van der Waals surface area contributed by atoms with Crippen LogP contribution in [0.1, 0.15) is 15.2 Å². The molecule has 1 aromatic carbocycles. The van der Waals surface area contributed by atoms with Crippen LogP contribution in [0.4, 0.5) is 5.69 Å². The van der Waals surface area contributed by atoms with Gasteiger partial charge in [-0.2, -0.15) is 0 Å². The number of sulfonamides is 1. The molecule has 5 nitrogen and oxygen atoms in total. The minimum absolute atomic E-state index is 0.107. The second-order valence-corrected chi connectivity index (χ2v) is 7.62. The number of nitrogens with one attached hydrogen (secondary N) is 1. The molecular weight excluding hydrogens is 378 g/mol. The molecule has 1 aromatic heterocycles. The maximum Gasteiger partial charge on any atom is 0.350 e. The maximum atomic E-state index is 12.4. The zero-order chi connectivity index (χ0) is 15.6. The number of rotatable bonds is 4. The van der Waals surface area contributed by atoms with Crippen molar-refractivity contribution in [2.45, 2.75) is 11.8 Å². The van der Waals surface area contributed by atoms with E-state index in [-0.39, 0.29) is 15.5 Å². The van der Waals surface area contributed by atoms with E-state index in [4.69, 9.17) is 0 Å². The number of hydrogen-bond donors (Lipinski definition) is 1. The van der Waals surface area contributed by atoms with Crippen molar-refractivity contribution < 1.29 is 17.9 Å². The minimum atomic E-state index is -3.79. The number of methoxy groups -OCH3 is 1. The summed E-state index contributed by atoms with van der Waals surface area (Å²) in [5, 5.41) is 1.62. The van der Waals surface area contributed by atoms with E-state index in [0.29, 0.717) is 4.47 Å². The van der Waals surface area contributed by atoms with Gasteiger partial charge in [0.1, 0.15) is 9.77 Å². The van der Waals surface area contributed by atoms with Gasteiger partial charge in [0.15, 0.2) is 0 Å². The Morgan fingerprint density at radius 2 is 2.05 bits per heavy atom. The van der Waals surface area contributed by atoms with E-state index in [2.05, 4.69) is 25.4 Å². The number of aryl methyl sites for hydroxylation is 1. The number of benzene rings is 1. The van der Waals surface area contributed by atoms with E-state index in [9.17, 15) is 13.2 Å². The third-order valence-corrected chi connectivity index (χ3v) is 5.89. The SMILES string of the molecule is COC(=O)c1sccc1NS(=O)(=O)c1ccc(C)cc1Br. The fourth-order valence-electron chi connectivity index (χ4n) is 1.66. The summed E-state index contributed by atoms with van der Waals surface area (Å²) in [6.45, 7) is 1.86. The van der Waals surface area contributed by atoms with Crippen molar-refractivity contribution in [3.05, 3.63) is 44.6 Å². The quantitative estimate of drug-likeness (QED) is 0.813. The largest absolute Gasteiger partial charge is 0.465 e. The first-order valence-electron chi connectivity index (χ1n) is 5.80. The normalized spacial score (nSPS) is 11.2. The highest BCUT2D eigenvalue weighted by Gasteiger charge is 2.22. The van der Waals surface area contributed by atoms with E-state index in [1.54, 1.807) is 17.5 Å². The summed E-state index contributed by atoms with van der Waals surface area (Å²) in [6.07, 6.45) is 0. The Morgan fingerprint density at radius 3 is 2.67 bits per heavy atom. The molecule has 0 saturated carbocycles. The number of anilines is 1. The van der Waals surface area contributed by atoms with Gasteiger partial charge in [0.05, 0.1) is 12.8 Å². The second-order valence-electron chi connectivity index (χ2n) is 4.19. The summed E-state index contributed by atoms with van der Waals surface area (Å²) in [7, 11) is -2.55. The van der Waals surface area contributed by atoms with Gasteiger partial charge < -0.3 is 4.74 Å². The predicted molar refractivity (Wildman–Crippen MR) is 85.3 cm³/mol. The van der Waals surface area contributed by atoms with Gasteiger partial charge in [0.25, 0.3) is 10.0 Å². The van der Waals surface area contributed by atoms with Crippen LogP contribution in [-0.2, 0) is 14.8 Å². The molecule has 21 heavy (non-hydrogen) atoms. The molecule has 0 fully saturated rings. The first-order chi connectivity index (χ1) is 9.85. The van der Waals surface area contributed by atoms with Gasteiger partial charge in [0.2, 0.25) is 0 Å². The van der Waals surface area contributed by atoms with Crippen LogP contribution in [0.25, 0.3) is 0 Å². The number of carbonyl (C=O) groups excluding carboxylic acids is 1. The molecule has 0 unspecified atom stereocenters. The molecule has 0 saturated heterocycles. The highest BCUT2D eigenvalue weighted by atomic mass is 79.9. The fourth-order valence-corrected chi connectivity index (χ4v) is 4.76. The summed E-state index contributed by atoms with van der Waals surface area (Å²) in [4.78, 5) is 11.9. The Morgan fingerprint density at radius 1 is 1.33 bits per heavy atom. The molecule has 1 heterocycles. The number of thiophene rings is 1. The van der Waals surface area contributed by atoms with Crippen molar-refractivity contribution >= 4 is 48.9 Å². The smallest absolute Gasteiger partial charge is 0.350 e. The van der Waals surface area contributed by atoms with Crippen LogP contribution < -0.4 is 4.72 Å². The zero-order valence-corrected chi connectivity index (χ0v) is 14.4. The molecule has 0 radical (unpaired) electrons. The third-order valence-electron chi connectivity index (χ3n) is 2.66. The molecule has 1 N–H and O–H groups in total. The lowest BCUT2D eigenvalue weighted by atomic mass is 10.2. The van der Waals surface area contributed by atoms with Crippen molar-refractivity contribution in [1.82, 2.24) is 0 Å². The van der Waals surface area contributed by atoms with Crippen LogP contribution in [0, 0.1) is 6.92 Å². The van der Waals surface area contributed by atoms with Crippen LogP contribution in [0.3, 0.4) is 0 Å². The second kappa shape index (κ2) is 6.17. The van der Waals surface area contributed by atoms with Gasteiger partial charge in [-0.25, -0.2) is 13.2 Å². The minimum Gasteiger partial charge on any atom is -0.465 e. The Hall–Kier alpha value is -1.38. The molecule has 2 aromatic rings. The summed E-state index contributed by atoms with van der Waals surface area (Å²) in [6, 6.07) is 6.44. The highest BCUT2D eigenvalue weighted by Crippen LogP contribution is 2.29. The van der Waals surface area contributed by atoms with Gasteiger partial charge in [0, 0.05) is 4.47 Å². The topological polar surface area (TPSA) is 72.5 Å². The van der Waals surface area contributed by atoms with E-state index < -0.39 is 16.0 Å². The third kappa shape index (κ3) is 3.45. The Balaban J connectivity index is 2.38. The van der Waals surface area contributed by atoms with E-state index in [1.807, 2.05) is 6.92 Å². The lowest BCUT2D eigenvalue weighted by Gasteiger charge is -2.10. The first-order valence-corrected chi connectivity index (χ1v) is 8.95.